The van der Waals surface area contributed by atoms with Crippen LogP contribution in [0, 0.1) is 12.8 Å². The molecule has 4 nitrogen and oxygen atoms in total. The maximum absolute atomic E-state index is 12.0. The summed E-state index contributed by atoms with van der Waals surface area (Å²) >= 11 is 0. The topological polar surface area (TPSA) is 50.4 Å². The normalized spacial score (nSPS) is 10.5. The fourth-order valence-corrected chi connectivity index (χ4v) is 2.11. The molecular formula is C20H26N2O2. The van der Waals surface area contributed by atoms with Gasteiger partial charge in [0.1, 0.15) is 5.75 Å². The lowest BCUT2D eigenvalue weighted by Gasteiger charge is -2.10. The fourth-order valence-electron chi connectivity index (χ4n) is 2.11. The molecule has 2 aromatic rings. The summed E-state index contributed by atoms with van der Waals surface area (Å²) in [5.74, 6) is 1.38. The Morgan fingerprint density at radius 3 is 2.25 bits per heavy atom. The number of carbonyl (C=O) groups excluding carboxylic acids is 1. The van der Waals surface area contributed by atoms with Crippen molar-refractivity contribution in [2.75, 3.05) is 23.8 Å². The Balaban J connectivity index is 1.76. The van der Waals surface area contributed by atoms with E-state index in [4.69, 9.17) is 4.74 Å². The highest BCUT2D eigenvalue weighted by molar-refractivity contribution is 5.93. The molecule has 0 bridgehead atoms. The van der Waals surface area contributed by atoms with E-state index in [1.54, 1.807) is 0 Å². The van der Waals surface area contributed by atoms with E-state index in [1.165, 1.54) is 5.56 Å². The van der Waals surface area contributed by atoms with Crippen LogP contribution in [0.4, 0.5) is 11.4 Å². The van der Waals surface area contributed by atoms with E-state index in [2.05, 4.69) is 24.5 Å². The fraction of sp³-hybridized carbons (Fsp3) is 0.350. The maximum atomic E-state index is 12.0. The third kappa shape index (κ3) is 6.32. The van der Waals surface area contributed by atoms with Gasteiger partial charge in [-0.2, -0.15) is 0 Å². The molecule has 0 saturated heterocycles. The van der Waals surface area contributed by atoms with Gasteiger partial charge in [0, 0.05) is 11.4 Å². The van der Waals surface area contributed by atoms with E-state index >= 15 is 0 Å². The van der Waals surface area contributed by atoms with Crippen molar-refractivity contribution in [3.63, 3.8) is 0 Å². The van der Waals surface area contributed by atoms with Gasteiger partial charge < -0.3 is 15.4 Å². The number of ether oxygens (including phenoxy) is 1. The summed E-state index contributed by atoms with van der Waals surface area (Å²) in [4.78, 5) is 12.0. The average molecular weight is 326 g/mol. The lowest BCUT2D eigenvalue weighted by molar-refractivity contribution is -0.114. The summed E-state index contributed by atoms with van der Waals surface area (Å²) in [5, 5.41) is 5.97. The van der Waals surface area contributed by atoms with Crippen LogP contribution in [0.2, 0.25) is 0 Å². The van der Waals surface area contributed by atoms with E-state index in [9.17, 15) is 4.79 Å². The van der Waals surface area contributed by atoms with Crippen LogP contribution in [-0.4, -0.2) is 19.1 Å². The van der Waals surface area contributed by atoms with Crippen molar-refractivity contribution in [1.29, 1.82) is 0 Å². The first-order chi connectivity index (χ1) is 11.5. The van der Waals surface area contributed by atoms with Gasteiger partial charge in [0.05, 0.1) is 13.2 Å². The molecule has 0 spiro atoms. The third-order valence-electron chi connectivity index (χ3n) is 3.61. The molecule has 0 saturated carbocycles. The third-order valence-corrected chi connectivity index (χ3v) is 3.61. The molecule has 0 atom stereocenters. The van der Waals surface area contributed by atoms with Crippen LogP contribution in [0.25, 0.3) is 0 Å². The van der Waals surface area contributed by atoms with Gasteiger partial charge in [-0.15, -0.1) is 0 Å². The highest BCUT2D eigenvalue weighted by Crippen LogP contribution is 2.16. The molecule has 2 aromatic carbocycles. The van der Waals surface area contributed by atoms with Gasteiger partial charge in [0.25, 0.3) is 0 Å². The van der Waals surface area contributed by atoms with Crippen LogP contribution in [-0.2, 0) is 4.79 Å². The summed E-state index contributed by atoms with van der Waals surface area (Å²) in [6.07, 6.45) is 1.03. The van der Waals surface area contributed by atoms with Gasteiger partial charge in [-0.3, -0.25) is 4.79 Å². The molecule has 0 aliphatic rings. The second-order valence-electron chi connectivity index (χ2n) is 6.32. The Kier molecular flexibility index (Phi) is 6.67. The quantitative estimate of drug-likeness (QED) is 0.752. The smallest absolute Gasteiger partial charge is 0.243 e. The SMILES string of the molecule is Cc1ccc(NCC(=O)Nc2ccc(OCCC(C)C)cc2)cc1. The second kappa shape index (κ2) is 8.96. The van der Waals surface area contributed by atoms with Crippen molar-refractivity contribution in [2.24, 2.45) is 5.92 Å². The zero-order valence-electron chi connectivity index (χ0n) is 14.6. The molecule has 0 fully saturated rings. The van der Waals surface area contributed by atoms with Crippen molar-refractivity contribution in [3.05, 3.63) is 54.1 Å². The average Bonchev–Trinajstić information content (AvgIpc) is 2.56. The minimum Gasteiger partial charge on any atom is -0.494 e. The Morgan fingerprint density at radius 1 is 1.00 bits per heavy atom. The second-order valence-corrected chi connectivity index (χ2v) is 6.32. The van der Waals surface area contributed by atoms with Crippen LogP contribution in [0.15, 0.2) is 48.5 Å². The first-order valence-electron chi connectivity index (χ1n) is 8.36. The van der Waals surface area contributed by atoms with Gasteiger partial charge in [0.2, 0.25) is 5.91 Å². The largest absolute Gasteiger partial charge is 0.494 e. The molecule has 128 valence electrons. The van der Waals surface area contributed by atoms with Crippen LogP contribution in [0.1, 0.15) is 25.8 Å². The Morgan fingerprint density at radius 2 is 1.62 bits per heavy atom. The summed E-state index contributed by atoms with van der Waals surface area (Å²) in [6, 6.07) is 15.4. The number of rotatable bonds is 8. The van der Waals surface area contributed by atoms with Gasteiger partial charge in [-0.05, 0) is 55.7 Å². The van der Waals surface area contributed by atoms with Crippen molar-refractivity contribution < 1.29 is 9.53 Å². The number of amides is 1. The summed E-state index contributed by atoms with van der Waals surface area (Å²) < 4.78 is 5.67. The van der Waals surface area contributed by atoms with Crippen molar-refractivity contribution in [1.82, 2.24) is 0 Å². The van der Waals surface area contributed by atoms with E-state index in [1.807, 2.05) is 55.5 Å². The van der Waals surface area contributed by atoms with E-state index in [0.29, 0.717) is 12.5 Å². The molecule has 4 heteroatoms. The van der Waals surface area contributed by atoms with E-state index < -0.39 is 0 Å². The Labute approximate surface area is 144 Å². The number of hydrogen-bond donors (Lipinski definition) is 2. The van der Waals surface area contributed by atoms with Crippen LogP contribution >= 0.6 is 0 Å². The monoisotopic (exact) mass is 326 g/mol. The predicted octanol–water partition coefficient (Wildman–Crippen LogP) is 4.47. The zero-order chi connectivity index (χ0) is 17.4. The first-order valence-corrected chi connectivity index (χ1v) is 8.36. The van der Waals surface area contributed by atoms with Crippen LogP contribution < -0.4 is 15.4 Å². The van der Waals surface area contributed by atoms with Gasteiger partial charge in [-0.25, -0.2) is 0 Å². The Hall–Kier alpha value is -2.49. The van der Waals surface area contributed by atoms with E-state index in [0.717, 1.165) is 23.5 Å². The summed E-state index contributed by atoms with van der Waals surface area (Å²) in [7, 11) is 0. The highest BCUT2D eigenvalue weighted by Gasteiger charge is 2.03. The molecule has 0 aliphatic heterocycles. The standard InChI is InChI=1S/C20H26N2O2/c1-15(2)12-13-24-19-10-8-18(9-11-19)22-20(23)14-21-17-6-4-16(3)5-7-17/h4-11,15,21H,12-14H2,1-3H3,(H,22,23). The van der Waals surface area contributed by atoms with Crippen molar-refractivity contribution in [3.8, 4) is 5.75 Å². The number of nitrogens with one attached hydrogen (secondary N) is 2. The molecule has 2 N–H and O–H groups in total. The minimum absolute atomic E-state index is 0.0796. The number of carbonyl (C=O) groups is 1. The summed E-state index contributed by atoms with van der Waals surface area (Å²) in [5.41, 5.74) is 2.90. The zero-order valence-corrected chi connectivity index (χ0v) is 14.6. The lowest BCUT2D eigenvalue weighted by atomic mass is 10.1. The highest BCUT2D eigenvalue weighted by atomic mass is 16.5. The first kappa shape index (κ1) is 17.9. The van der Waals surface area contributed by atoms with Crippen molar-refractivity contribution >= 4 is 17.3 Å². The van der Waals surface area contributed by atoms with Crippen molar-refractivity contribution in [2.45, 2.75) is 27.2 Å². The molecular weight excluding hydrogens is 300 g/mol. The minimum atomic E-state index is -0.0796. The lowest BCUT2D eigenvalue weighted by Crippen LogP contribution is -2.21. The van der Waals surface area contributed by atoms with E-state index in [-0.39, 0.29) is 12.5 Å². The number of aryl methyl sites for hydroxylation is 1. The van der Waals surface area contributed by atoms with Gasteiger partial charge in [-0.1, -0.05) is 31.5 Å². The molecule has 1 amide bonds. The molecule has 0 unspecified atom stereocenters. The molecule has 0 aliphatic carbocycles. The molecule has 24 heavy (non-hydrogen) atoms. The van der Waals surface area contributed by atoms with Crippen LogP contribution in [0.5, 0.6) is 5.75 Å². The number of hydrogen-bond acceptors (Lipinski definition) is 3. The molecule has 0 heterocycles. The number of anilines is 2. The van der Waals surface area contributed by atoms with Crippen LogP contribution in [0.3, 0.4) is 0 Å². The molecule has 0 aromatic heterocycles. The number of benzene rings is 2. The predicted molar refractivity (Wildman–Crippen MR) is 99.7 cm³/mol. The van der Waals surface area contributed by atoms with Gasteiger partial charge in [0.15, 0.2) is 0 Å². The molecule has 2 rings (SSSR count). The maximum Gasteiger partial charge on any atom is 0.243 e. The Bertz CT molecular complexity index is 634. The van der Waals surface area contributed by atoms with Gasteiger partial charge >= 0.3 is 0 Å². The summed E-state index contributed by atoms with van der Waals surface area (Å²) in [6.45, 7) is 7.32. The molecule has 0 radical (unpaired) electrons.